The number of fused-ring (bicyclic) bond motifs is 1. The van der Waals surface area contributed by atoms with Gasteiger partial charge in [-0.3, -0.25) is 9.78 Å². The Morgan fingerprint density at radius 3 is 2.93 bits per heavy atom. The van der Waals surface area contributed by atoms with Crippen molar-refractivity contribution in [1.82, 2.24) is 10.3 Å². The maximum Gasteiger partial charge on any atom is 0.306 e. The Morgan fingerprint density at radius 2 is 2.27 bits per heavy atom. The monoisotopic (exact) mass is 229 g/mol. The van der Waals surface area contributed by atoms with Crippen LogP contribution in [0, 0.1) is 4.91 Å². The summed E-state index contributed by atoms with van der Waals surface area (Å²) in [4.78, 5) is 24.3. The van der Waals surface area contributed by atoms with Crippen LogP contribution in [0.5, 0.6) is 0 Å². The first-order valence-corrected chi connectivity index (χ1v) is 4.74. The zero-order chi connectivity index (χ0) is 10.8. The molecule has 1 aromatic heterocycles. The van der Waals surface area contributed by atoms with Crippen LogP contribution < -0.4 is 21.3 Å². The lowest BCUT2D eigenvalue weighted by Crippen LogP contribution is -2.40. The number of rotatable bonds is 2. The number of thiazole rings is 1. The summed E-state index contributed by atoms with van der Waals surface area (Å²) >= 11 is 0.910. The number of nitroso groups, excluding NO2 is 1. The van der Waals surface area contributed by atoms with Crippen LogP contribution in [-0.2, 0) is 0 Å². The first-order chi connectivity index (χ1) is 7.24. The summed E-state index contributed by atoms with van der Waals surface area (Å²) < 4.78 is 0. The SMILES string of the molecule is NN=NC1Nc2[nH]c(=O)sc2C(N=O)N1. The number of nitrogens with two attached hydrogens (primary N) is 1. The van der Waals surface area contributed by atoms with E-state index in [9.17, 15) is 9.70 Å². The van der Waals surface area contributed by atoms with E-state index in [0.717, 1.165) is 11.3 Å². The lowest BCUT2D eigenvalue weighted by atomic mass is 10.3. The van der Waals surface area contributed by atoms with Gasteiger partial charge in [-0.15, -0.1) is 10.0 Å². The molecule has 0 fully saturated rings. The first-order valence-electron chi connectivity index (χ1n) is 3.92. The standard InChI is InChI=1S/C5H7N7O2S/c6-12-10-4-7-2-1(3(8-4)11-14)15-5(13)9-2/h3-4,7-8H,(H2,6,10)(H,9,13). The van der Waals surface area contributed by atoms with Crippen molar-refractivity contribution in [3.05, 3.63) is 19.5 Å². The number of nitrogens with zero attached hydrogens (tertiary/aromatic N) is 3. The molecule has 0 saturated carbocycles. The predicted octanol–water partition coefficient (Wildman–Crippen LogP) is -0.174. The number of hydrogen-bond acceptors (Lipinski definition) is 8. The van der Waals surface area contributed by atoms with Crippen LogP contribution in [0.4, 0.5) is 5.82 Å². The van der Waals surface area contributed by atoms with Gasteiger partial charge in [-0.1, -0.05) is 16.6 Å². The van der Waals surface area contributed by atoms with E-state index in [-0.39, 0.29) is 4.87 Å². The highest BCUT2D eigenvalue weighted by Crippen LogP contribution is 2.29. The van der Waals surface area contributed by atoms with Gasteiger partial charge in [0.15, 0.2) is 12.5 Å². The molecule has 80 valence electrons. The molecule has 9 nitrogen and oxygen atoms in total. The van der Waals surface area contributed by atoms with Crippen molar-refractivity contribution in [1.29, 1.82) is 0 Å². The molecule has 2 heterocycles. The minimum atomic E-state index is -0.819. The topological polar surface area (TPSA) is 137 Å². The first kappa shape index (κ1) is 9.73. The van der Waals surface area contributed by atoms with Crippen molar-refractivity contribution < 1.29 is 0 Å². The summed E-state index contributed by atoms with van der Waals surface area (Å²) in [6, 6.07) is 0. The summed E-state index contributed by atoms with van der Waals surface area (Å²) in [7, 11) is 0. The van der Waals surface area contributed by atoms with Crippen LogP contribution in [0.2, 0.25) is 0 Å². The average molecular weight is 229 g/mol. The normalized spacial score (nSPS) is 24.8. The number of anilines is 1. The van der Waals surface area contributed by atoms with Crippen LogP contribution in [0.3, 0.4) is 0 Å². The van der Waals surface area contributed by atoms with E-state index >= 15 is 0 Å². The van der Waals surface area contributed by atoms with E-state index in [4.69, 9.17) is 5.84 Å². The molecule has 2 rings (SSSR count). The molecule has 2 unspecified atom stereocenters. The van der Waals surface area contributed by atoms with Gasteiger partial charge < -0.3 is 11.2 Å². The van der Waals surface area contributed by atoms with E-state index in [0.29, 0.717) is 10.7 Å². The van der Waals surface area contributed by atoms with E-state index in [1.165, 1.54) is 0 Å². The second kappa shape index (κ2) is 3.74. The second-order valence-electron chi connectivity index (χ2n) is 2.71. The van der Waals surface area contributed by atoms with Crippen LogP contribution in [-0.4, -0.2) is 11.3 Å². The maximum atomic E-state index is 11.1. The molecule has 10 heteroatoms. The third kappa shape index (κ3) is 1.71. The Kier molecular flexibility index (Phi) is 2.43. The van der Waals surface area contributed by atoms with E-state index in [1.54, 1.807) is 0 Å². The van der Waals surface area contributed by atoms with Gasteiger partial charge in [0.2, 0.25) is 0 Å². The predicted molar refractivity (Wildman–Crippen MR) is 53.1 cm³/mol. The summed E-state index contributed by atoms with van der Waals surface area (Å²) in [5, 5.41) is 15.0. The fraction of sp³-hybridized carbons (Fsp3) is 0.400. The van der Waals surface area contributed by atoms with Crippen LogP contribution in [0.25, 0.3) is 0 Å². The van der Waals surface area contributed by atoms with Gasteiger partial charge in [-0.25, -0.2) is 5.32 Å². The van der Waals surface area contributed by atoms with Gasteiger partial charge in [-0.2, -0.15) is 0 Å². The van der Waals surface area contributed by atoms with Gasteiger partial charge in [0.25, 0.3) is 0 Å². The second-order valence-corrected chi connectivity index (χ2v) is 3.72. The zero-order valence-electron chi connectivity index (χ0n) is 7.30. The van der Waals surface area contributed by atoms with Crippen LogP contribution >= 0.6 is 11.3 Å². The third-order valence-corrected chi connectivity index (χ3v) is 2.74. The summed E-state index contributed by atoms with van der Waals surface area (Å²) in [6.45, 7) is 0. The minimum absolute atomic E-state index is 0.270. The van der Waals surface area contributed by atoms with Crippen molar-refractivity contribution in [2.24, 2.45) is 21.4 Å². The van der Waals surface area contributed by atoms with Crippen molar-refractivity contribution >= 4 is 17.2 Å². The Morgan fingerprint density at radius 1 is 1.47 bits per heavy atom. The molecular weight excluding hydrogens is 222 g/mol. The lowest BCUT2D eigenvalue weighted by Gasteiger charge is -2.23. The highest BCUT2D eigenvalue weighted by atomic mass is 32.1. The minimum Gasteiger partial charge on any atom is -0.335 e. The highest BCUT2D eigenvalue weighted by Gasteiger charge is 2.29. The third-order valence-electron chi connectivity index (χ3n) is 1.81. The van der Waals surface area contributed by atoms with Gasteiger partial charge in [-0.05, 0) is 5.18 Å². The quantitative estimate of drug-likeness (QED) is 0.241. The summed E-state index contributed by atoms with van der Waals surface area (Å²) in [5.74, 6) is 5.29. The number of nitrogens with one attached hydrogen (secondary N) is 3. The van der Waals surface area contributed by atoms with Crippen molar-refractivity contribution in [3.63, 3.8) is 0 Å². The number of hydrogen-bond donors (Lipinski definition) is 4. The van der Waals surface area contributed by atoms with Crippen molar-refractivity contribution in [2.75, 3.05) is 5.32 Å². The molecule has 0 aliphatic carbocycles. The molecule has 1 aromatic rings. The fourth-order valence-corrected chi connectivity index (χ4v) is 2.04. The molecule has 0 spiro atoms. The molecule has 0 radical (unpaired) electrons. The highest BCUT2D eigenvalue weighted by molar-refractivity contribution is 7.09. The Labute approximate surface area is 86.7 Å². The Balaban J connectivity index is 2.37. The van der Waals surface area contributed by atoms with E-state index in [1.807, 2.05) is 0 Å². The maximum absolute atomic E-state index is 11.1. The van der Waals surface area contributed by atoms with Gasteiger partial charge in [0, 0.05) is 0 Å². The van der Waals surface area contributed by atoms with Gasteiger partial charge in [0.1, 0.15) is 5.82 Å². The number of aromatic nitrogens is 1. The lowest BCUT2D eigenvalue weighted by molar-refractivity contribution is 0.456. The van der Waals surface area contributed by atoms with E-state index in [2.05, 4.69) is 31.1 Å². The summed E-state index contributed by atoms with van der Waals surface area (Å²) in [6.07, 6.45) is -1.49. The van der Waals surface area contributed by atoms with E-state index < -0.39 is 12.5 Å². The molecule has 2 atom stereocenters. The molecule has 1 aliphatic heterocycles. The van der Waals surface area contributed by atoms with Crippen molar-refractivity contribution in [2.45, 2.75) is 12.5 Å². The molecule has 5 N–H and O–H groups in total. The Bertz CT molecular complexity index is 450. The smallest absolute Gasteiger partial charge is 0.306 e. The largest absolute Gasteiger partial charge is 0.335 e. The average Bonchev–Trinajstić information content (AvgIpc) is 2.57. The Hall–Kier alpha value is -1.81. The molecule has 0 amide bonds. The molecule has 1 aliphatic rings. The number of aromatic amines is 1. The molecular formula is C5H7N7O2S. The molecule has 0 bridgehead atoms. The van der Waals surface area contributed by atoms with Crippen LogP contribution in [0.1, 0.15) is 11.0 Å². The fourth-order valence-electron chi connectivity index (χ4n) is 1.25. The van der Waals surface area contributed by atoms with Crippen LogP contribution in [0.15, 0.2) is 20.3 Å². The molecule has 15 heavy (non-hydrogen) atoms. The molecule has 0 aromatic carbocycles. The summed E-state index contributed by atoms with van der Waals surface area (Å²) in [5.41, 5.74) is 0. The number of H-pyrrole nitrogens is 1. The van der Waals surface area contributed by atoms with Gasteiger partial charge in [0.05, 0.1) is 4.88 Å². The molecule has 0 saturated heterocycles. The van der Waals surface area contributed by atoms with Crippen molar-refractivity contribution in [3.8, 4) is 0 Å². The zero-order valence-corrected chi connectivity index (χ0v) is 8.11. The van der Waals surface area contributed by atoms with Gasteiger partial charge >= 0.3 is 4.87 Å².